The summed E-state index contributed by atoms with van der Waals surface area (Å²) in [7, 11) is 2.08. The summed E-state index contributed by atoms with van der Waals surface area (Å²) in [5, 5.41) is 7.83. The Morgan fingerprint density at radius 1 is 0.816 bits per heavy atom. The Bertz CT molecular complexity index is 1830. The van der Waals surface area contributed by atoms with Crippen LogP contribution in [-0.4, -0.2) is 0 Å². The van der Waals surface area contributed by atoms with Crippen molar-refractivity contribution in [3.05, 3.63) is 77.0 Å². The van der Waals surface area contributed by atoms with E-state index in [9.17, 15) is 0 Å². The molecule has 1 aliphatic rings. The fourth-order valence-corrected chi connectivity index (χ4v) is 7.81. The molecule has 2 heterocycles. The minimum atomic E-state index is 0.154. The first kappa shape index (κ1) is 24.2. The molecule has 2 heteroatoms. The van der Waals surface area contributed by atoms with Gasteiger partial charge >= 0.3 is 0 Å². The summed E-state index contributed by atoms with van der Waals surface area (Å²) in [6.45, 7) is 18.4. The molecule has 0 fully saturated rings. The SMILES string of the molecule is [2H]c1cc2c3c(cc4cccc(CC(C)(C)C)c42)Sc2c(c(C)c4cc(C)ccc4c2CC(C)(C)C)-c3[n+]1C. The van der Waals surface area contributed by atoms with E-state index in [1.165, 1.54) is 75.6 Å². The number of hydrogen-bond donors (Lipinski definition) is 0. The molecule has 0 bridgehead atoms. The lowest BCUT2D eigenvalue weighted by Gasteiger charge is -2.28. The van der Waals surface area contributed by atoms with E-state index in [0.29, 0.717) is 6.17 Å². The molecule has 1 nitrogen and oxygen atoms in total. The molecule has 0 unspecified atom stereocenters. The quantitative estimate of drug-likeness (QED) is 0.163. The lowest BCUT2D eigenvalue weighted by molar-refractivity contribution is -0.659. The first-order valence-corrected chi connectivity index (χ1v) is 14.7. The number of hydrogen-bond acceptors (Lipinski definition) is 1. The number of nitrogens with zero attached hydrogens (tertiary/aromatic N) is 1. The highest BCUT2D eigenvalue weighted by Gasteiger charge is 2.33. The Morgan fingerprint density at radius 3 is 2.26 bits per heavy atom. The second-order valence-corrected chi connectivity index (χ2v) is 14.8. The van der Waals surface area contributed by atoms with E-state index < -0.39 is 0 Å². The highest BCUT2D eigenvalue weighted by Crippen LogP contribution is 2.53. The van der Waals surface area contributed by atoms with Crippen LogP contribution in [0.5, 0.6) is 0 Å². The smallest absolute Gasteiger partial charge is 0.200 e. The second-order valence-electron chi connectivity index (χ2n) is 13.8. The minimum absolute atomic E-state index is 0.154. The number of pyridine rings is 1. The van der Waals surface area contributed by atoms with Crippen LogP contribution in [0.1, 0.15) is 65.2 Å². The summed E-state index contributed by atoms with van der Waals surface area (Å²) < 4.78 is 11.3. The standard InChI is InChI=1S/C36H40NS/c1-21-13-14-25-27(17-21)22(2)30-33-32-26(15-16-37(33)9)31-23(11-10-12-24(31)19-35(3,4)5)18-29(32)38-34(30)28(25)20-36(6,7)8/h10-18H,19-20H2,1-9H3/q+1/i16D. The lowest BCUT2D eigenvalue weighted by Crippen LogP contribution is -2.32. The molecule has 5 aromatic rings. The number of aromatic nitrogens is 1. The summed E-state index contributed by atoms with van der Waals surface area (Å²) in [5.74, 6) is 0. The third-order valence-corrected chi connectivity index (χ3v) is 9.08. The summed E-state index contributed by atoms with van der Waals surface area (Å²) in [4.78, 5) is 2.68. The first-order valence-electron chi connectivity index (χ1n) is 14.4. The Balaban J connectivity index is 1.81. The molecule has 1 aromatic heterocycles. The van der Waals surface area contributed by atoms with Gasteiger partial charge in [-0.1, -0.05) is 95.3 Å². The summed E-state index contributed by atoms with van der Waals surface area (Å²) in [6.07, 6.45) is 2.57. The van der Waals surface area contributed by atoms with Gasteiger partial charge in [0.2, 0.25) is 5.69 Å². The summed E-state index contributed by atoms with van der Waals surface area (Å²) >= 11 is 1.95. The van der Waals surface area contributed by atoms with E-state index in [4.69, 9.17) is 1.37 Å². The molecule has 38 heavy (non-hydrogen) atoms. The van der Waals surface area contributed by atoms with E-state index in [1.54, 1.807) is 0 Å². The summed E-state index contributed by atoms with van der Waals surface area (Å²) in [5.41, 5.74) is 8.28. The van der Waals surface area contributed by atoms with E-state index in [1.807, 2.05) is 11.8 Å². The molecule has 6 rings (SSSR count). The first-order chi connectivity index (χ1) is 18.2. The van der Waals surface area contributed by atoms with Crippen molar-refractivity contribution < 1.29 is 5.94 Å². The molecule has 0 atom stereocenters. The van der Waals surface area contributed by atoms with Gasteiger partial charge in [0, 0.05) is 21.2 Å². The van der Waals surface area contributed by atoms with Crippen molar-refractivity contribution >= 4 is 44.1 Å². The zero-order chi connectivity index (χ0) is 28.0. The van der Waals surface area contributed by atoms with Gasteiger partial charge in [0.05, 0.1) is 10.9 Å². The van der Waals surface area contributed by atoms with Crippen LogP contribution in [0.15, 0.2) is 64.5 Å². The second kappa shape index (κ2) is 8.58. The van der Waals surface area contributed by atoms with E-state index in [0.717, 1.165) is 12.8 Å². The fourth-order valence-electron chi connectivity index (χ4n) is 6.44. The van der Waals surface area contributed by atoms with Crippen LogP contribution in [0, 0.1) is 24.7 Å². The molecule has 0 saturated heterocycles. The van der Waals surface area contributed by atoms with Crippen LogP contribution in [0.3, 0.4) is 0 Å². The van der Waals surface area contributed by atoms with Crippen LogP contribution < -0.4 is 4.57 Å². The maximum atomic E-state index is 9.13. The van der Waals surface area contributed by atoms with Crippen LogP contribution in [0.2, 0.25) is 0 Å². The molecule has 0 radical (unpaired) electrons. The number of benzene rings is 4. The fraction of sp³-hybridized carbons (Fsp3) is 0.361. The van der Waals surface area contributed by atoms with Crippen molar-refractivity contribution in [3.8, 4) is 11.3 Å². The third kappa shape index (κ3) is 4.13. The van der Waals surface area contributed by atoms with Gasteiger partial charge < -0.3 is 0 Å². The third-order valence-electron chi connectivity index (χ3n) is 7.89. The molecule has 0 N–H and O–H groups in total. The molecular formula is C36H40NS+. The van der Waals surface area contributed by atoms with E-state index in [-0.39, 0.29) is 10.8 Å². The average molecular weight is 520 g/mol. The summed E-state index contributed by atoms with van der Waals surface area (Å²) in [6, 6.07) is 18.2. The minimum Gasteiger partial charge on any atom is -0.200 e. The van der Waals surface area contributed by atoms with Crippen molar-refractivity contribution in [3.63, 3.8) is 0 Å². The molecule has 0 aliphatic carbocycles. The van der Waals surface area contributed by atoms with Gasteiger partial charge in [-0.3, -0.25) is 0 Å². The molecule has 194 valence electrons. The Morgan fingerprint density at radius 2 is 1.55 bits per heavy atom. The highest BCUT2D eigenvalue weighted by atomic mass is 32.2. The van der Waals surface area contributed by atoms with Crippen molar-refractivity contribution in [1.29, 1.82) is 0 Å². The maximum absolute atomic E-state index is 9.13. The maximum Gasteiger partial charge on any atom is 0.222 e. The molecule has 0 spiro atoms. The van der Waals surface area contributed by atoms with Crippen LogP contribution in [0.25, 0.3) is 43.6 Å². The van der Waals surface area contributed by atoms with E-state index in [2.05, 4.69) is 116 Å². The van der Waals surface area contributed by atoms with Crippen LogP contribution >= 0.6 is 11.8 Å². The lowest BCUT2D eigenvalue weighted by atomic mass is 9.82. The van der Waals surface area contributed by atoms with Crippen molar-refractivity contribution in [2.75, 3.05) is 0 Å². The van der Waals surface area contributed by atoms with Gasteiger partial charge in [-0.2, -0.15) is 0 Å². The van der Waals surface area contributed by atoms with Gasteiger partial charge in [-0.15, -0.1) is 0 Å². The molecule has 0 saturated carbocycles. The molecule has 0 amide bonds. The normalized spacial score (nSPS) is 13.9. The van der Waals surface area contributed by atoms with Crippen molar-refractivity contribution in [2.24, 2.45) is 17.9 Å². The topological polar surface area (TPSA) is 3.88 Å². The highest BCUT2D eigenvalue weighted by molar-refractivity contribution is 8.00. The Labute approximate surface area is 233 Å². The Hall–Kier alpha value is -2.84. The van der Waals surface area contributed by atoms with Crippen molar-refractivity contribution in [1.82, 2.24) is 0 Å². The molecular weight excluding hydrogens is 478 g/mol. The van der Waals surface area contributed by atoms with Gasteiger partial charge in [-0.25, -0.2) is 4.57 Å². The van der Waals surface area contributed by atoms with Gasteiger partial charge in [0.25, 0.3) is 0 Å². The molecule has 1 aliphatic heterocycles. The molecule has 4 aromatic carbocycles. The predicted octanol–water partition coefficient (Wildman–Crippen LogP) is 9.90. The Kier molecular flexibility index (Phi) is 5.47. The zero-order valence-electron chi connectivity index (χ0n) is 25.4. The predicted molar refractivity (Wildman–Crippen MR) is 165 cm³/mol. The zero-order valence-corrected chi connectivity index (χ0v) is 25.2. The largest absolute Gasteiger partial charge is 0.222 e. The van der Waals surface area contributed by atoms with Gasteiger partial charge in [0.1, 0.15) is 8.42 Å². The monoisotopic (exact) mass is 519 g/mol. The van der Waals surface area contributed by atoms with Gasteiger partial charge in [0.15, 0.2) is 6.17 Å². The van der Waals surface area contributed by atoms with E-state index >= 15 is 0 Å². The van der Waals surface area contributed by atoms with Crippen LogP contribution in [0.4, 0.5) is 0 Å². The number of aryl methyl sites for hydroxylation is 2. The number of rotatable bonds is 2. The number of fused-ring (bicyclic) bond motifs is 5. The van der Waals surface area contributed by atoms with Crippen LogP contribution in [-0.2, 0) is 19.9 Å². The van der Waals surface area contributed by atoms with Crippen molar-refractivity contribution in [2.45, 2.75) is 78.0 Å². The van der Waals surface area contributed by atoms with Gasteiger partial charge in [-0.05, 0) is 81.8 Å². The average Bonchev–Trinajstić information content (AvgIpc) is 2.82.